The lowest BCUT2D eigenvalue weighted by Crippen LogP contribution is -2.24. The summed E-state index contributed by atoms with van der Waals surface area (Å²) < 4.78 is 13.0. The normalized spacial score (nSPS) is 12.9. The highest BCUT2D eigenvalue weighted by molar-refractivity contribution is 6.30. The van der Waals surface area contributed by atoms with E-state index in [1.807, 2.05) is 6.92 Å². The number of nitrogens with one attached hydrogen (secondary N) is 1. The molecule has 0 bridgehead atoms. The highest BCUT2D eigenvalue weighted by Gasteiger charge is 2.10. The average Bonchev–Trinajstić information content (AvgIpc) is 2.12. The molecule has 1 atom stereocenters. The molecule has 2 N–H and O–H groups in total. The zero-order valence-electron chi connectivity index (χ0n) is 7.93. The maximum Gasteiger partial charge on any atom is 0.125 e. The Kier molecular flexibility index (Phi) is 4.32. The number of likely N-dealkylation sites (N-methyl/N-ethyl adjacent to an activating group) is 1. The van der Waals surface area contributed by atoms with Crippen molar-refractivity contribution >= 4 is 11.6 Å². The van der Waals surface area contributed by atoms with Crippen LogP contribution in [-0.4, -0.2) is 18.3 Å². The van der Waals surface area contributed by atoms with Gasteiger partial charge in [-0.1, -0.05) is 18.5 Å². The predicted molar refractivity (Wildman–Crippen MR) is 54.9 cm³/mol. The maximum absolute atomic E-state index is 13.0. The number of hydrogen-bond acceptors (Lipinski definition) is 2. The summed E-state index contributed by atoms with van der Waals surface area (Å²) in [4.78, 5) is 0. The van der Waals surface area contributed by atoms with Gasteiger partial charge in [-0.3, -0.25) is 0 Å². The van der Waals surface area contributed by atoms with Crippen molar-refractivity contribution in [2.75, 3.05) is 13.2 Å². The van der Waals surface area contributed by atoms with Gasteiger partial charge >= 0.3 is 0 Å². The molecular formula is C10H13ClFNO. The van der Waals surface area contributed by atoms with E-state index in [-0.39, 0.29) is 18.5 Å². The Morgan fingerprint density at radius 1 is 1.50 bits per heavy atom. The van der Waals surface area contributed by atoms with Crippen LogP contribution < -0.4 is 5.32 Å². The summed E-state index contributed by atoms with van der Waals surface area (Å²) in [5, 5.41) is 12.4. The molecule has 2 nitrogen and oxygen atoms in total. The van der Waals surface area contributed by atoms with Gasteiger partial charge in [0.2, 0.25) is 0 Å². The summed E-state index contributed by atoms with van der Waals surface area (Å²) in [6.07, 6.45) is 0. The molecule has 0 saturated carbocycles. The Bertz CT molecular complexity index is 286. The van der Waals surface area contributed by atoms with Crippen LogP contribution in [-0.2, 0) is 0 Å². The summed E-state index contributed by atoms with van der Waals surface area (Å²) in [6.45, 7) is 2.55. The molecular weight excluding hydrogens is 205 g/mol. The fourth-order valence-electron chi connectivity index (χ4n) is 1.31. The summed E-state index contributed by atoms with van der Waals surface area (Å²) in [5.41, 5.74) is 0.666. The average molecular weight is 218 g/mol. The lowest BCUT2D eigenvalue weighted by Gasteiger charge is -2.15. The van der Waals surface area contributed by atoms with Gasteiger partial charge < -0.3 is 10.4 Å². The fourth-order valence-corrected chi connectivity index (χ4v) is 1.54. The van der Waals surface area contributed by atoms with E-state index in [1.165, 1.54) is 12.1 Å². The first kappa shape index (κ1) is 11.4. The van der Waals surface area contributed by atoms with E-state index in [1.54, 1.807) is 6.07 Å². The molecule has 14 heavy (non-hydrogen) atoms. The van der Waals surface area contributed by atoms with Crippen molar-refractivity contribution in [3.8, 4) is 0 Å². The van der Waals surface area contributed by atoms with Crippen molar-refractivity contribution in [1.29, 1.82) is 0 Å². The van der Waals surface area contributed by atoms with Crippen molar-refractivity contribution in [3.05, 3.63) is 34.6 Å². The van der Waals surface area contributed by atoms with E-state index in [9.17, 15) is 4.39 Å². The van der Waals surface area contributed by atoms with Crippen LogP contribution in [0.3, 0.4) is 0 Å². The maximum atomic E-state index is 13.0. The summed E-state index contributed by atoms with van der Waals surface area (Å²) in [7, 11) is 0. The second-order valence-electron chi connectivity index (χ2n) is 3.00. The van der Waals surface area contributed by atoms with E-state index in [0.717, 1.165) is 0 Å². The third-order valence-corrected chi connectivity index (χ3v) is 2.14. The van der Waals surface area contributed by atoms with Gasteiger partial charge in [0.25, 0.3) is 0 Å². The molecule has 0 aromatic heterocycles. The molecule has 0 aliphatic heterocycles. The number of benzene rings is 1. The molecule has 4 heteroatoms. The van der Waals surface area contributed by atoms with Crippen LogP contribution in [0, 0.1) is 5.82 Å². The Morgan fingerprint density at radius 3 is 2.71 bits per heavy atom. The van der Waals surface area contributed by atoms with E-state index in [0.29, 0.717) is 17.1 Å². The molecule has 1 aromatic rings. The van der Waals surface area contributed by atoms with E-state index < -0.39 is 0 Å². The van der Waals surface area contributed by atoms with Crippen molar-refractivity contribution in [2.24, 2.45) is 0 Å². The van der Waals surface area contributed by atoms with Gasteiger partial charge in [0.15, 0.2) is 0 Å². The number of halogens is 2. The van der Waals surface area contributed by atoms with Crippen LogP contribution in [0.2, 0.25) is 5.02 Å². The van der Waals surface area contributed by atoms with Crippen LogP contribution in [0.25, 0.3) is 0 Å². The van der Waals surface area contributed by atoms with Crippen LogP contribution >= 0.6 is 11.6 Å². The second-order valence-corrected chi connectivity index (χ2v) is 3.43. The summed E-state index contributed by atoms with van der Waals surface area (Å²) >= 11 is 5.70. The minimum atomic E-state index is -0.385. The molecule has 0 radical (unpaired) electrons. The molecule has 0 spiro atoms. The van der Waals surface area contributed by atoms with Crippen LogP contribution in [0.4, 0.5) is 4.39 Å². The quantitative estimate of drug-likeness (QED) is 0.810. The molecule has 0 fully saturated rings. The molecule has 78 valence electrons. The highest BCUT2D eigenvalue weighted by atomic mass is 35.5. The number of rotatable bonds is 4. The van der Waals surface area contributed by atoms with E-state index in [4.69, 9.17) is 16.7 Å². The zero-order chi connectivity index (χ0) is 10.6. The number of hydrogen-bond donors (Lipinski definition) is 2. The SMILES string of the molecule is CCNC(CO)c1cc(F)cc(Cl)c1. The molecule has 0 amide bonds. The lowest BCUT2D eigenvalue weighted by molar-refractivity contribution is 0.246. The Labute approximate surface area is 87.7 Å². The van der Waals surface area contributed by atoms with Crippen LogP contribution in [0.15, 0.2) is 18.2 Å². The molecule has 1 aromatic carbocycles. The summed E-state index contributed by atoms with van der Waals surface area (Å²) in [5.74, 6) is -0.385. The van der Waals surface area contributed by atoms with Crippen molar-refractivity contribution < 1.29 is 9.50 Å². The number of aliphatic hydroxyl groups is 1. The summed E-state index contributed by atoms with van der Waals surface area (Å²) in [6, 6.07) is 4.00. The first-order valence-corrected chi connectivity index (χ1v) is 4.85. The van der Waals surface area contributed by atoms with E-state index in [2.05, 4.69) is 5.32 Å². The van der Waals surface area contributed by atoms with Gasteiger partial charge in [-0.05, 0) is 30.3 Å². The smallest absolute Gasteiger partial charge is 0.125 e. The molecule has 0 aliphatic rings. The van der Waals surface area contributed by atoms with Gasteiger partial charge in [0, 0.05) is 5.02 Å². The highest BCUT2D eigenvalue weighted by Crippen LogP contribution is 2.19. The first-order chi connectivity index (χ1) is 6.67. The Morgan fingerprint density at radius 2 is 2.21 bits per heavy atom. The molecule has 0 saturated heterocycles. The van der Waals surface area contributed by atoms with E-state index >= 15 is 0 Å². The van der Waals surface area contributed by atoms with Crippen LogP contribution in [0.1, 0.15) is 18.5 Å². The lowest BCUT2D eigenvalue weighted by atomic mass is 10.1. The zero-order valence-corrected chi connectivity index (χ0v) is 8.68. The topological polar surface area (TPSA) is 32.3 Å². The predicted octanol–water partition coefficient (Wildman–Crippen LogP) is 2.12. The van der Waals surface area contributed by atoms with Crippen LogP contribution in [0.5, 0.6) is 0 Å². The largest absolute Gasteiger partial charge is 0.394 e. The third kappa shape index (κ3) is 2.94. The van der Waals surface area contributed by atoms with Gasteiger partial charge in [-0.2, -0.15) is 0 Å². The Balaban J connectivity index is 2.91. The molecule has 0 heterocycles. The van der Waals surface area contributed by atoms with Crippen molar-refractivity contribution in [2.45, 2.75) is 13.0 Å². The number of aliphatic hydroxyl groups excluding tert-OH is 1. The first-order valence-electron chi connectivity index (χ1n) is 4.47. The van der Waals surface area contributed by atoms with Gasteiger partial charge in [-0.15, -0.1) is 0 Å². The fraction of sp³-hybridized carbons (Fsp3) is 0.400. The van der Waals surface area contributed by atoms with Crippen molar-refractivity contribution in [3.63, 3.8) is 0 Å². The minimum Gasteiger partial charge on any atom is -0.394 e. The minimum absolute atomic E-state index is 0.0758. The molecule has 0 aliphatic carbocycles. The second kappa shape index (κ2) is 5.29. The third-order valence-electron chi connectivity index (χ3n) is 1.92. The standard InChI is InChI=1S/C10H13ClFNO/c1-2-13-10(6-14)7-3-8(11)5-9(12)4-7/h3-5,10,13-14H,2,6H2,1H3. The van der Waals surface area contributed by atoms with Gasteiger partial charge in [-0.25, -0.2) is 4.39 Å². The Hall–Kier alpha value is -0.640. The molecule has 1 rings (SSSR count). The molecule has 1 unspecified atom stereocenters. The van der Waals surface area contributed by atoms with Gasteiger partial charge in [0.05, 0.1) is 12.6 Å². The van der Waals surface area contributed by atoms with Crippen molar-refractivity contribution in [1.82, 2.24) is 5.32 Å². The monoisotopic (exact) mass is 217 g/mol. The van der Waals surface area contributed by atoms with Gasteiger partial charge in [0.1, 0.15) is 5.82 Å².